The fourth-order valence-corrected chi connectivity index (χ4v) is 2.78. The molecule has 0 atom stereocenters. The summed E-state index contributed by atoms with van der Waals surface area (Å²) in [5.74, 6) is -0.492. The summed E-state index contributed by atoms with van der Waals surface area (Å²) in [6.45, 7) is 10.2. The van der Waals surface area contributed by atoms with Crippen molar-refractivity contribution >= 4 is 17.6 Å². The maximum absolute atomic E-state index is 12.2. The predicted octanol–water partition coefficient (Wildman–Crippen LogP) is 1.83. The smallest absolute Gasteiger partial charge is 0.340 e. The molecule has 1 aromatic rings. The molecule has 1 amide bonds. The summed E-state index contributed by atoms with van der Waals surface area (Å²) in [5.41, 5.74) is 0.904. The average molecular weight is 333 g/mol. The fraction of sp³-hybridized carbons (Fsp3) is 0.556. The minimum Gasteiger partial charge on any atom is -0.462 e. The van der Waals surface area contributed by atoms with Gasteiger partial charge in [-0.2, -0.15) is 0 Å². The van der Waals surface area contributed by atoms with E-state index in [1.807, 2.05) is 0 Å². The summed E-state index contributed by atoms with van der Waals surface area (Å²) in [5, 5.41) is 2.83. The Hall–Kier alpha value is -1.92. The maximum Gasteiger partial charge on any atom is 0.340 e. The highest BCUT2D eigenvalue weighted by Crippen LogP contribution is 2.16. The molecule has 24 heavy (non-hydrogen) atoms. The number of anilines is 1. The van der Waals surface area contributed by atoms with E-state index in [0.29, 0.717) is 24.3 Å². The van der Waals surface area contributed by atoms with Crippen LogP contribution in [0, 0.1) is 0 Å². The topological polar surface area (TPSA) is 61.9 Å². The van der Waals surface area contributed by atoms with Crippen molar-refractivity contribution in [3.8, 4) is 0 Å². The van der Waals surface area contributed by atoms with Gasteiger partial charge in [-0.05, 0) is 25.6 Å². The molecule has 0 spiro atoms. The first kappa shape index (κ1) is 18.4. The second-order valence-corrected chi connectivity index (χ2v) is 5.84. The van der Waals surface area contributed by atoms with Gasteiger partial charge in [-0.15, -0.1) is 0 Å². The molecule has 1 saturated heterocycles. The number of nitrogens with one attached hydrogen (secondary N) is 1. The van der Waals surface area contributed by atoms with E-state index in [1.165, 1.54) is 0 Å². The highest BCUT2D eigenvalue weighted by atomic mass is 16.5. The van der Waals surface area contributed by atoms with Gasteiger partial charge in [-0.25, -0.2) is 4.79 Å². The normalized spacial score (nSPS) is 15.9. The Balaban J connectivity index is 1.83. The van der Waals surface area contributed by atoms with Crippen LogP contribution in [-0.4, -0.2) is 67.6 Å². The molecule has 0 saturated carbocycles. The Bertz CT molecular complexity index is 554. The van der Waals surface area contributed by atoms with Gasteiger partial charge in [0.2, 0.25) is 5.91 Å². The van der Waals surface area contributed by atoms with E-state index >= 15 is 0 Å². The zero-order chi connectivity index (χ0) is 17.4. The van der Waals surface area contributed by atoms with Crippen LogP contribution in [0.1, 0.15) is 30.6 Å². The molecule has 0 unspecified atom stereocenters. The molecular weight excluding hydrogens is 306 g/mol. The average Bonchev–Trinajstić information content (AvgIpc) is 2.61. The summed E-state index contributed by atoms with van der Waals surface area (Å²) >= 11 is 0. The number of hydrogen-bond donors (Lipinski definition) is 1. The van der Waals surface area contributed by atoms with E-state index in [-0.39, 0.29) is 5.91 Å². The van der Waals surface area contributed by atoms with Gasteiger partial charge in [0.25, 0.3) is 0 Å². The van der Waals surface area contributed by atoms with Crippen molar-refractivity contribution in [1.29, 1.82) is 0 Å². The lowest BCUT2D eigenvalue weighted by atomic mass is 10.1. The lowest BCUT2D eigenvalue weighted by molar-refractivity contribution is -0.116. The largest absolute Gasteiger partial charge is 0.462 e. The quantitative estimate of drug-likeness (QED) is 0.772. The number of amides is 1. The van der Waals surface area contributed by atoms with Crippen LogP contribution in [0.2, 0.25) is 0 Å². The van der Waals surface area contributed by atoms with Crippen LogP contribution in [0.5, 0.6) is 0 Å². The van der Waals surface area contributed by atoms with Crippen molar-refractivity contribution < 1.29 is 14.3 Å². The van der Waals surface area contributed by atoms with Crippen LogP contribution in [0.15, 0.2) is 24.3 Å². The lowest BCUT2D eigenvalue weighted by Crippen LogP contribution is -2.46. The summed E-state index contributed by atoms with van der Waals surface area (Å²) in [4.78, 5) is 28.9. The van der Waals surface area contributed by atoms with Crippen LogP contribution >= 0.6 is 0 Å². The standard InChI is InChI=1S/C18H27N3O3/c1-3-20-11-13-21(14-12-20)10-9-17(22)19-16-8-6-5-7-15(16)18(23)24-4-2/h5-8H,3-4,9-14H2,1-2H3,(H,19,22). The molecule has 0 aromatic heterocycles. The first-order valence-electron chi connectivity index (χ1n) is 8.64. The van der Waals surface area contributed by atoms with E-state index in [2.05, 4.69) is 22.0 Å². The number of piperazine rings is 1. The van der Waals surface area contributed by atoms with Gasteiger partial charge in [-0.1, -0.05) is 19.1 Å². The van der Waals surface area contributed by atoms with Gasteiger partial charge in [0.15, 0.2) is 0 Å². The Labute approximate surface area is 143 Å². The van der Waals surface area contributed by atoms with Crippen molar-refractivity contribution in [3.05, 3.63) is 29.8 Å². The van der Waals surface area contributed by atoms with E-state index < -0.39 is 5.97 Å². The Morgan fingerprint density at radius 2 is 1.75 bits per heavy atom. The molecule has 0 aliphatic carbocycles. The number of para-hydroxylation sites is 1. The first-order chi connectivity index (χ1) is 11.6. The molecule has 6 heteroatoms. The van der Waals surface area contributed by atoms with Gasteiger partial charge in [0.05, 0.1) is 17.9 Å². The van der Waals surface area contributed by atoms with E-state index in [0.717, 1.165) is 39.3 Å². The second-order valence-electron chi connectivity index (χ2n) is 5.84. The summed E-state index contributed by atoms with van der Waals surface area (Å²) < 4.78 is 5.02. The SMILES string of the molecule is CCOC(=O)c1ccccc1NC(=O)CCN1CCN(CC)CC1. The van der Waals surface area contributed by atoms with Gasteiger partial charge in [0, 0.05) is 39.1 Å². The number of esters is 1. The number of carbonyl (C=O) groups excluding carboxylic acids is 2. The van der Waals surface area contributed by atoms with Crippen molar-refractivity contribution in [3.63, 3.8) is 0 Å². The van der Waals surface area contributed by atoms with Crippen LogP contribution in [0.3, 0.4) is 0 Å². The third-order valence-corrected chi connectivity index (χ3v) is 4.26. The molecule has 1 aromatic carbocycles. The minimum absolute atomic E-state index is 0.0790. The zero-order valence-corrected chi connectivity index (χ0v) is 14.6. The van der Waals surface area contributed by atoms with Gasteiger partial charge in [-0.3, -0.25) is 4.79 Å². The molecule has 1 heterocycles. The van der Waals surface area contributed by atoms with E-state index in [4.69, 9.17) is 4.74 Å². The van der Waals surface area contributed by atoms with Crippen molar-refractivity contribution in [2.45, 2.75) is 20.3 Å². The molecule has 2 rings (SSSR count). The Kier molecular flexibility index (Phi) is 7.21. The van der Waals surface area contributed by atoms with Gasteiger partial charge >= 0.3 is 5.97 Å². The number of rotatable bonds is 7. The predicted molar refractivity (Wildman–Crippen MR) is 94.2 cm³/mol. The highest BCUT2D eigenvalue weighted by molar-refractivity contribution is 6.01. The highest BCUT2D eigenvalue weighted by Gasteiger charge is 2.17. The Morgan fingerprint density at radius 1 is 1.08 bits per heavy atom. The first-order valence-corrected chi connectivity index (χ1v) is 8.64. The molecule has 0 radical (unpaired) electrons. The molecule has 132 valence electrons. The summed E-state index contributed by atoms with van der Waals surface area (Å²) in [7, 11) is 0. The van der Waals surface area contributed by atoms with Crippen molar-refractivity contribution in [2.24, 2.45) is 0 Å². The maximum atomic E-state index is 12.2. The monoisotopic (exact) mass is 333 g/mol. The van der Waals surface area contributed by atoms with Crippen molar-refractivity contribution in [1.82, 2.24) is 9.80 Å². The molecule has 1 N–H and O–H groups in total. The van der Waals surface area contributed by atoms with Crippen LogP contribution in [-0.2, 0) is 9.53 Å². The van der Waals surface area contributed by atoms with Gasteiger partial charge in [0.1, 0.15) is 0 Å². The number of carbonyl (C=O) groups is 2. The lowest BCUT2D eigenvalue weighted by Gasteiger charge is -2.33. The summed E-state index contributed by atoms with van der Waals surface area (Å²) in [6.07, 6.45) is 0.420. The zero-order valence-electron chi connectivity index (χ0n) is 14.6. The third kappa shape index (κ3) is 5.32. The van der Waals surface area contributed by atoms with Crippen LogP contribution < -0.4 is 5.32 Å². The van der Waals surface area contributed by atoms with E-state index in [1.54, 1.807) is 31.2 Å². The van der Waals surface area contributed by atoms with Crippen LogP contribution in [0.25, 0.3) is 0 Å². The molecule has 0 bridgehead atoms. The van der Waals surface area contributed by atoms with Crippen LogP contribution in [0.4, 0.5) is 5.69 Å². The minimum atomic E-state index is -0.413. The van der Waals surface area contributed by atoms with Crippen molar-refractivity contribution in [2.75, 3.05) is 51.2 Å². The summed E-state index contributed by atoms with van der Waals surface area (Å²) in [6, 6.07) is 6.94. The molecule has 1 aliphatic heterocycles. The third-order valence-electron chi connectivity index (χ3n) is 4.26. The Morgan fingerprint density at radius 3 is 2.42 bits per heavy atom. The fourth-order valence-electron chi connectivity index (χ4n) is 2.78. The number of hydrogen-bond acceptors (Lipinski definition) is 5. The molecule has 6 nitrogen and oxygen atoms in total. The number of nitrogens with zero attached hydrogens (tertiary/aromatic N) is 2. The number of ether oxygens (including phenoxy) is 1. The molecular formula is C18H27N3O3. The van der Waals surface area contributed by atoms with Gasteiger partial charge < -0.3 is 19.9 Å². The van der Waals surface area contributed by atoms with E-state index in [9.17, 15) is 9.59 Å². The number of benzene rings is 1. The molecule has 1 fully saturated rings. The second kappa shape index (κ2) is 9.39. The molecule has 1 aliphatic rings. The number of likely N-dealkylation sites (N-methyl/N-ethyl adjacent to an activating group) is 1.